The molecule has 2 aromatic carbocycles. The number of carbonyl (C=O) groups is 3. The number of fused-ring (bicyclic) bond motifs is 1. The van der Waals surface area contributed by atoms with Crippen LogP contribution in [0.3, 0.4) is 0 Å². The van der Waals surface area contributed by atoms with E-state index < -0.39 is 17.9 Å². The van der Waals surface area contributed by atoms with Crippen LogP contribution >= 0.6 is 0 Å². The molecular weight excluding hydrogens is 460 g/mol. The van der Waals surface area contributed by atoms with E-state index in [9.17, 15) is 14.4 Å². The van der Waals surface area contributed by atoms with Gasteiger partial charge in [-0.2, -0.15) is 0 Å². The number of hydrogen-bond acceptors (Lipinski definition) is 6. The van der Waals surface area contributed by atoms with Crippen LogP contribution in [0.4, 0.5) is 5.69 Å². The highest BCUT2D eigenvalue weighted by Crippen LogP contribution is 2.31. The van der Waals surface area contributed by atoms with Crippen molar-refractivity contribution in [1.29, 1.82) is 0 Å². The summed E-state index contributed by atoms with van der Waals surface area (Å²) in [5.74, 6) is 4.71. The molecule has 36 heavy (non-hydrogen) atoms. The zero-order valence-corrected chi connectivity index (χ0v) is 20.5. The van der Waals surface area contributed by atoms with E-state index in [4.69, 9.17) is 9.47 Å². The van der Waals surface area contributed by atoms with Gasteiger partial charge in [0.05, 0.1) is 31.5 Å². The molecule has 4 rings (SSSR count). The molecule has 0 radical (unpaired) electrons. The molecule has 0 spiro atoms. The summed E-state index contributed by atoms with van der Waals surface area (Å²) in [6.45, 7) is 5.50. The first-order valence-corrected chi connectivity index (χ1v) is 11.9. The topological polar surface area (TPSA) is 100 Å². The van der Waals surface area contributed by atoms with Crippen molar-refractivity contribution < 1.29 is 23.9 Å². The van der Waals surface area contributed by atoms with Crippen molar-refractivity contribution in [1.82, 2.24) is 15.5 Å². The van der Waals surface area contributed by atoms with Gasteiger partial charge in [0.2, 0.25) is 0 Å². The second-order valence-electron chi connectivity index (χ2n) is 8.71. The first-order chi connectivity index (χ1) is 17.4. The predicted molar refractivity (Wildman–Crippen MR) is 134 cm³/mol. The number of nitrogens with one attached hydrogen (secondary N) is 2. The highest BCUT2D eigenvalue weighted by atomic mass is 16.5. The Morgan fingerprint density at radius 3 is 2.61 bits per heavy atom. The summed E-state index contributed by atoms with van der Waals surface area (Å²) in [6, 6.07) is 13.3. The SMILES string of the molecule is C[C@H](NC(=O)C(=O)N[C@H]1COc2ccc(C#CCN3CCOCC3)cc2N(C)C1=O)c1ccccc1. The summed E-state index contributed by atoms with van der Waals surface area (Å²) >= 11 is 0. The number of ether oxygens (including phenoxy) is 2. The number of anilines is 1. The fourth-order valence-corrected chi connectivity index (χ4v) is 4.00. The van der Waals surface area contributed by atoms with Crippen LogP contribution in [0.15, 0.2) is 48.5 Å². The molecule has 188 valence electrons. The maximum absolute atomic E-state index is 13.1. The Bertz CT molecular complexity index is 1170. The summed E-state index contributed by atoms with van der Waals surface area (Å²) in [4.78, 5) is 41.7. The van der Waals surface area contributed by atoms with Crippen LogP contribution in [0.5, 0.6) is 5.75 Å². The van der Waals surface area contributed by atoms with E-state index >= 15 is 0 Å². The molecule has 2 heterocycles. The predicted octanol–water partition coefficient (Wildman–Crippen LogP) is 1.09. The highest BCUT2D eigenvalue weighted by molar-refractivity contribution is 6.35. The molecule has 0 unspecified atom stereocenters. The summed E-state index contributed by atoms with van der Waals surface area (Å²) in [6.07, 6.45) is 0. The number of rotatable bonds is 4. The van der Waals surface area contributed by atoms with Gasteiger partial charge in [-0.25, -0.2) is 0 Å². The lowest BCUT2D eigenvalue weighted by Crippen LogP contribution is -2.53. The number of likely N-dealkylation sites (N-methyl/N-ethyl adjacent to an activating group) is 1. The highest BCUT2D eigenvalue weighted by Gasteiger charge is 2.32. The first-order valence-electron chi connectivity index (χ1n) is 11.9. The molecule has 1 saturated heterocycles. The van der Waals surface area contributed by atoms with Gasteiger partial charge in [0.1, 0.15) is 18.4 Å². The van der Waals surface area contributed by atoms with E-state index in [2.05, 4.69) is 27.4 Å². The minimum atomic E-state index is -1.01. The molecule has 2 atom stereocenters. The minimum absolute atomic E-state index is 0.0918. The standard InChI is InChI=1S/C27H30N4O5/c1-19(21-8-4-3-5-9-21)28-25(32)26(33)29-22-18-36-24-11-10-20(17-23(24)30(2)27(22)34)7-6-12-31-13-15-35-16-14-31/h3-5,8-11,17,19,22H,12-16,18H2,1-2H3,(H,28,32)(H,29,33)/t19-,22-/m0/s1. The van der Waals surface area contributed by atoms with Gasteiger partial charge < -0.3 is 25.0 Å². The molecule has 2 aliphatic rings. The lowest BCUT2D eigenvalue weighted by Gasteiger charge is -2.24. The van der Waals surface area contributed by atoms with Gasteiger partial charge in [0.25, 0.3) is 5.91 Å². The molecule has 2 aromatic rings. The third kappa shape index (κ3) is 6.22. The number of carbonyl (C=O) groups excluding carboxylic acids is 3. The number of benzene rings is 2. The Balaban J connectivity index is 1.37. The van der Waals surface area contributed by atoms with Crippen LogP contribution in [0, 0.1) is 11.8 Å². The molecule has 3 amide bonds. The Kier molecular flexibility index (Phi) is 8.21. The van der Waals surface area contributed by atoms with Crippen LogP contribution in [-0.2, 0) is 19.1 Å². The summed E-state index contributed by atoms with van der Waals surface area (Å²) in [7, 11) is 1.61. The smallest absolute Gasteiger partial charge is 0.310 e. The van der Waals surface area contributed by atoms with Crippen molar-refractivity contribution in [3.8, 4) is 17.6 Å². The lowest BCUT2D eigenvalue weighted by molar-refractivity contribution is -0.141. The van der Waals surface area contributed by atoms with Gasteiger partial charge in [0.15, 0.2) is 0 Å². The van der Waals surface area contributed by atoms with Gasteiger partial charge in [0, 0.05) is 25.7 Å². The van der Waals surface area contributed by atoms with Gasteiger partial charge >= 0.3 is 11.8 Å². The second kappa shape index (κ2) is 11.7. The number of hydrogen-bond donors (Lipinski definition) is 2. The van der Waals surface area contributed by atoms with Crippen molar-refractivity contribution >= 4 is 23.4 Å². The normalized spacial score (nSPS) is 18.6. The van der Waals surface area contributed by atoms with Crippen molar-refractivity contribution in [3.63, 3.8) is 0 Å². The quantitative estimate of drug-likeness (QED) is 0.492. The van der Waals surface area contributed by atoms with Gasteiger partial charge in [-0.1, -0.05) is 42.2 Å². The lowest BCUT2D eigenvalue weighted by atomic mass is 10.1. The van der Waals surface area contributed by atoms with E-state index in [-0.39, 0.29) is 18.6 Å². The van der Waals surface area contributed by atoms with Gasteiger partial charge in [-0.05, 0) is 30.7 Å². The summed E-state index contributed by atoms with van der Waals surface area (Å²) in [5, 5.41) is 5.16. The molecule has 0 saturated carbocycles. The second-order valence-corrected chi connectivity index (χ2v) is 8.71. The van der Waals surface area contributed by atoms with Crippen LogP contribution in [0.1, 0.15) is 24.1 Å². The Labute approximate surface area is 210 Å². The average Bonchev–Trinajstić information content (AvgIpc) is 3.01. The van der Waals surface area contributed by atoms with Crippen molar-refractivity contribution in [2.75, 3.05) is 51.4 Å². The molecule has 1 fully saturated rings. The Morgan fingerprint density at radius 2 is 1.86 bits per heavy atom. The van der Waals surface area contributed by atoms with E-state index in [0.29, 0.717) is 18.0 Å². The van der Waals surface area contributed by atoms with E-state index in [0.717, 1.165) is 37.4 Å². The number of nitrogens with zero attached hydrogens (tertiary/aromatic N) is 2. The van der Waals surface area contributed by atoms with Gasteiger partial charge in [-0.15, -0.1) is 0 Å². The first kappa shape index (κ1) is 25.2. The molecule has 2 N–H and O–H groups in total. The maximum Gasteiger partial charge on any atom is 0.310 e. The molecule has 9 heteroatoms. The van der Waals surface area contributed by atoms with Crippen molar-refractivity contribution in [3.05, 3.63) is 59.7 Å². The number of amides is 3. The average molecular weight is 491 g/mol. The van der Waals surface area contributed by atoms with Crippen LogP contribution in [-0.4, -0.2) is 75.2 Å². The largest absolute Gasteiger partial charge is 0.489 e. The van der Waals surface area contributed by atoms with E-state index in [1.165, 1.54) is 4.90 Å². The molecule has 0 bridgehead atoms. The zero-order chi connectivity index (χ0) is 25.5. The Hall–Kier alpha value is -3.87. The molecular formula is C27H30N4O5. The van der Waals surface area contributed by atoms with Crippen molar-refractivity contribution in [2.45, 2.75) is 19.0 Å². The monoisotopic (exact) mass is 490 g/mol. The molecule has 9 nitrogen and oxygen atoms in total. The minimum Gasteiger partial charge on any atom is -0.489 e. The maximum atomic E-state index is 13.1. The van der Waals surface area contributed by atoms with E-state index in [1.54, 1.807) is 26.1 Å². The molecule has 0 aliphatic carbocycles. The number of morpholine rings is 1. The third-order valence-electron chi connectivity index (χ3n) is 6.15. The van der Waals surface area contributed by atoms with Crippen LogP contribution < -0.4 is 20.3 Å². The van der Waals surface area contributed by atoms with E-state index in [1.807, 2.05) is 36.4 Å². The summed E-state index contributed by atoms with van der Waals surface area (Å²) < 4.78 is 11.2. The van der Waals surface area contributed by atoms with Crippen LogP contribution in [0.25, 0.3) is 0 Å². The summed E-state index contributed by atoms with van der Waals surface area (Å²) in [5.41, 5.74) is 2.17. The van der Waals surface area contributed by atoms with Crippen LogP contribution in [0.2, 0.25) is 0 Å². The molecule has 2 aliphatic heterocycles. The fourth-order valence-electron chi connectivity index (χ4n) is 4.00. The van der Waals surface area contributed by atoms with Crippen molar-refractivity contribution in [2.24, 2.45) is 0 Å². The van der Waals surface area contributed by atoms with Gasteiger partial charge in [-0.3, -0.25) is 19.3 Å². The Morgan fingerprint density at radius 1 is 1.11 bits per heavy atom. The third-order valence-corrected chi connectivity index (χ3v) is 6.15. The zero-order valence-electron chi connectivity index (χ0n) is 20.5. The molecule has 0 aromatic heterocycles. The fraction of sp³-hybridized carbons (Fsp3) is 0.370.